The minimum Gasteiger partial charge on any atom is -0.386 e. The van der Waals surface area contributed by atoms with E-state index in [-0.39, 0.29) is 5.69 Å². The third-order valence-electron chi connectivity index (χ3n) is 2.18. The first-order valence-corrected chi connectivity index (χ1v) is 5.72. The molecule has 114 valence electrons. The Hall–Kier alpha value is -1.19. The Balaban J connectivity index is 3.05. The molecular weight excluding hydrogens is 318 g/mol. The summed E-state index contributed by atoms with van der Waals surface area (Å²) in [5.41, 5.74) is -0.111. The summed E-state index contributed by atoms with van der Waals surface area (Å²) in [7, 11) is 1.32. The molecule has 1 nitrogen and oxygen atoms in total. The monoisotopic (exact) mass is 325 g/mol. The first-order valence-electron chi connectivity index (χ1n) is 4.91. The predicted octanol–water partition coefficient (Wildman–Crippen LogP) is 4.75. The van der Waals surface area contributed by atoms with Gasteiger partial charge in [-0.1, -0.05) is 0 Å². The summed E-state index contributed by atoms with van der Waals surface area (Å²) in [6.07, 6.45) is -6.41. The van der Waals surface area contributed by atoms with E-state index in [0.717, 1.165) is 12.1 Å². The van der Waals surface area contributed by atoms with Gasteiger partial charge in [0.25, 0.3) is 0 Å². The fourth-order valence-electron chi connectivity index (χ4n) is 1.14. The Labute approximate surface area is 112 Å². The molecule has 1 aromatic rings. The van der Waals surface area contributed by atoms with Gasteiger partial charge in [0.15, 0.2) is 0 Å². The van der Waals surface area contributed by atoms with Gasteiger partial charge in [0.1, 0.15) is 5.82 Å². The Morgan fingerprint density at radius 1 is 1.00 bits per heavy atom. The maximum absolute atomic E-state index is 13.2. The van der Waals surface area contributed by atoms with Gasteiger partial charge >= 0.3 is 17.4 Å². The van der Waals surface area contributed by atoms with Gasteiger partial charge in [0, 0.05) is 11.9 Å². The van der Waals surface area contributed by atoms with Crippen molar-refractivity contribution in [3.05, 3.63) is 24.0 Å². The summed E-state index contributed by atoms with van der Waals surface area (Å²) >= 11 is -1.06. The van der Waals surface area contributed by atoms with Gasteiger partial charge in [-0.3, -0.25) is 0 Å². The Morgan fingerprint density at radius 2 is 1.55 bits per heavy atom. The lowest BCUT2D eigenvalue weighted by Crippen LogP contribution is -2.49. The van der Waals surface area contributed by atoms with Crippen LogP contribution in [0.15, 0.2) is 23.1 Å². The van der Waals surface area contributed by atoms with Crippen molar-refractivity contribution in [2.75, 3.05) is 12.4 Å². The Morgan fingerprint density at radius 3 is 1.95 bits per heavy atom. The Kier molecular flexibility index (Phi) is 4.47. The highest BCUT2D eigenvalue weighted by Gasteiger charge is 2.73. The molecule has 0 saturated carbocycles. The number of halogens is 8. The maximum atomic E-state index is 13.2. The standard InChI is InChI=1S/C10H7F8NS/c1-19-7-3-2-5(4-6(7)11)20-10(17,18)8(12,13)9(14,15)16/h2-4,19H,1H3. The molecule has 0 amide bonds. The van der Waals surface area contributed by atoms with Crippen molar-refractivity contribution in [3.8, 4) is 0 Å². The first-order chi connectivity index (χ1) is 8.92. The molecule has 0 aliphatic carbocycles. The van der Waals surface area contributed by atoms with Crippen LogP contribution in [0.3, 0.4) is 0 Å². The highest BCUT2D eigenvalue weighted by molar-refractivity contribution is 8.00. The molecule has 1 N–H and O–H groups in total. The summed E-state index contributed by atoms with van der Waals surface area (Å²) in [4.78, 5) is -0.754. The number of rotatable bonds is 4. The largest absolute Gasteiger partial charge is 0.460 e. The molecule has 1 rings (SSSR count). The number of benzene rings is 1. The number of nitrogens with one attached hydrogen (secondary N) is 1. The molecule has 1 aromatic carbocycles. The highest BCUT2D eigenvalue weighted by Crippen LogP contribution is 2.53. The number of alkyl halides is 7. The number of thioether (sulfide) groups is 1. The van der Waals surface area contributed by atoms with Gasteiger partial charge < -0.3 is 5.32 Å². The molecule has 0 aliphatic heterocycles. The minimum atomic E-state index is -6.41. The molecule has 0 bridgehead atoms. The van der Waals surface area contributed by atoms with Crippen LogP contribution in [0.1, 0.15) is 0 Å². The smallest absolute Gasteiger partial charge is 0.386 e. The molecule has 0 atom stereocenters. The molecular formula is C10H7F8NS. The van der Waals surface area contributed by atoms with Gasteiger partial charge in [0.05, 0.1) is 5.69 Å². The molecule has 0 aromatic heterocycles. The minimum absolute atomic E-state index is 0.111. The SMILES string of the molecule is CNc1ccc(SC(F)(F)C(F)(F)C(F)(F)F)cc1F. The highest BCUT2D eigenvalue weighted by atomic mass is 32.2. The van der Waals surface area contributed by atoms with E-state index in [1.54, 1.807) is 0 Å². The fraction of sp³-hybridized carbons (Fsp3) is 0.400. The van der Waals surface area contributed by atoms with E-state index in [2.05, 4.69) is 5.32 Å². The van der Waals surface area contributed by atoms with Crippen molar-refractivity contribution >= 4 is 17.4 Å². The zero-order valence-electron chi connectivity index (χ0n) is 9.66. The van der Waals surface area contributed by atoms with E-state index < -0.39 is 39.8 Å². The van der Waals surface area contributed by atoms with Gasteiger partial charge in [0.2, 0.25) is 0 Å². The molecule has 0 radical (unpaired) electrons. The van der Waals surface area contributed by atoms with Crippen LogP contribution in [-0.2, 0) is 0 Å². The second-order valence-electron chi connectivity index (χ2n) is 3.58. The van der Waals surface area contributed by atoms with Crippen molar-refractivity contribution in [1.29, 1.82) is 0 Å². The molecule has 0 saturated heterocycles. The van der Waals surface area contributed by atoms with E-state index >= 15 is 0 Å². The van der Waals surface area contributed by atoms with E-state index in [4.69, 9.17) is 0 Å². The number of anilines is 1. The topological polar surface area (TPSA) is 12.0 Å². The molecule has 0 unspecified atom stereocenters. The van der Waals surface area contributed by atoms with Crippen molar-refractivity contribution in [2.45, 2.75) is 22.2 Å². The van der Waals surface area contributed by atoms with Crippen molar-refractivity contribution < 1.29 is 35.1 Å². The van der Waals surface area contributed by atoms with Crippen LogP contribution in [0.4, 0.5) is 40.8 Å². The van der Waals surface area contributed by atoms with Crippen molar-refractivity contribution in [1.82, 2.24) is 0 Å². The number of hydrogen-bond donors (Lipinski definition) is 1. The molecule has 20 heavy (non-hydrogen) atoms. The van der Waals surface area contributed by atoms with E-state index in [9.17, 15) is 35.1 Å². The lowest BCUT2D eigenvalue weighted by molar-refractivity contribution is -0.330. The summed E-state index contributed by atoms with van der Waals surface area (Å²) in [5, 5.41) is -3.12. The molecule has 10 heteroatoms. The van der Waals surface area contributed by atoms with Crippen LogP contribution in [0, 0.1) is 5.82 Å². The average Bonchev–Trinajstić information content (AvgIpc) is 2.26. The molecule has 0 spiro atoms. The lowest BCUT2D eigenvalue weighted by Gasteiger charge is -2.27. The third kappa shape index (κ3) is 3.10. The third-order valence-corrected chi connectivity index (χ3v) is 3.18. The van der Waals surface area contributed by atoms with E-state index in [0.29, 0.717) is 6.07 Å². The Bertz CT molecular complexity index is 485. The van der Waals surface area contributed by atoms with Gasteiger partial charge in [-0.15, -0.1) is 0 Å². The van der Waals surface area contributed by atoms with Crippen LogP contribution >= 0.6 is 11.8 Å². The van der Waals surface area contributed by atoms with Crippen LogP contribution in [0.25, 0.3) is 0 Å². The predicted molar refractivity (Wildman–Crippen MR) is 57.8 cm³/mol. The molecule has 0 fully saturated rings. The number of hydrogen-bond acceptors (Lipinski definition) is 2. The molecule has 0 heterocycles. The summed E-state index contributed by atoms with van der Waals surface area (Å²) in [6, 6.07) is 2.19. The zero-order chi connectivity index (χ0) is 15.8. The summed E-state index contributed by atoms with van der Waals surface area (Å²) < 4.78 is 100. The maximum Gasteiger partial charge on any atom is 0.460 e. The van der Waals surface area contributed by atoms with E-state index in [1.165, 1.54) is 7.05 Å². The second kappa shape index (κ2) is 5.30. The average molecular weight is 325 g/mol. The first kappa shape index (κ1) is 16.9. The normalized spacial score (nSPS) is 13.4. The van der Waals surface area contributed by atoms with Crippen molar-refractivity contribution in [3.63, 3.8) is 0 Å². The van der Waals surface area contributed by atoms with Gasteiger partial charge in [-0.05, 0) is 30.0 Å². The van der Waals surface area contributed by atoms with E-state index in [1.807, 2.05) is 0 Å². The van der Waals surface area contributed by atoms with Gasteiger partial charge in [-0.25, -0.2) is 4.39 Å². The zero-order valence-corrected chi connectivity index (χ0v) is 10.5. The van der Waals surface area contributed by atoms with Crippen LogP contribution < -0.4 is 5.32 Å². The molecule has 0 aliphatic rings. The van der Waals surface area contributed by atoms with Crippen molar-refractivity contribution in [2.24, 2.45) is 0 Å². The van der Waals surface area contributed by atoms with Crippen LogP contribution in [0.2, 0.25) is 0 Å². The van der Waals surface area contributed by atoms with Crippen LogP contribution in [0.5, 0.6) is 0 Å². The van der Waals surface area contributed by atoms with Crippen LogP contribution in [-0.4, -0.2) is 24.4 Å². The lowest BCUT2D eigenvalue weighted by atomic mass is 10.3. The second-order valence-corrected chi connectivity index (χ2v) is 4.77. The van der Waals surface area contributed by atoms with Gasteiger partial charge in [-0.2, -0.15) is 30.7 Å². The summed E-state index contributed by atoms with van der Waals surface area (Å²) in [5.74, 6) is -7.29. The quantitative estimate of drug-likeness (QED) is 0.633. The fourth-order valence-corrected chi connectivity index (χ4v) is 1.98. The summed E-state index contributed by atoms with van der Waals surface area (Å²) in [6.45, 7) is 0.